The number of ether oxygens (including phenoxy) is 1. The fraction of sp³-hybridized carbons (Fsp3) is 0.222. The number of carbonyl (C=O) groups excluding carboxylic acids is 3. The van der Waals surface area contributed by atoms with Gasteiger partial charge in [0.25, 0.3) is 11.7 Å². The maximum Gasteiger partial charge on any atom is 0.379 e. The molecular formula is C18H13ClFN3O4. The summed E-state index contributed by atoms with van der Waals surface area (Å²) in [5.41, 5.74) is 0.462. The monoisotopic (exact) mass is 389 g/mol. The maximum absolute atomic E-state index is 13.4. The van der Waals surface area contributed by atoms with Crippen LogP contribution in [0.4, 0.5) is 10.1 Å². The van der Waals surface area contributed by atoms with Crippen LogP contribution in [0.3, 0.4) is 0 Å². The second-order valence-electron chi connectivity index (χ2n) is 5.82. The van der Waals surface area contributed by atoms with E-state index in [1.165, 1.54) is 12.1 Å². The minimum Gasteiger partial charge on any atom is -0.463 e. The minimum atomic E-state index is -1.07. The van der Waals surface area contributed by atoms with Gasteiger partial charge in [0.05, 0.1) is 23.3 Å². The van der Waals surface area contributed by atoms with E-state index in [0.29, 0.717) is 25.1 Å². The fourth-order valence-corrected chi connectivity index (χ4v) is 3.45. The van der Waals surface area contributed by atoms with Crippen LogP contribution in [-0.4, -0.2) is 29.3 Å². The molecule has 3 rings (SSSR count). The summed E-state index contributed by atoms with van der Waals surface area (Å²) >= 11 is 6.27. The third-order valence-corrected chi connectivity index (χ3v) is 4.63. The van der Waals surface area contributed by atoms with E-state index in [4.69, 9.17) is 16.9 Å². The van der Waals surface area contributed by atoms with Gasteiger partial charge in [0.2, 0.25) is 0 Å². The van der Waals surface area contributed by atoms with Crippen molar-refractivity contribution in [2.75, 3.05) is 12.4 Å². The number of nitrogens with zero attached hydrogens (tertiary/aromatic N) is 2. The van der Waals surface area contributed by atoms with Crippen molar-refractivity contribution >= 4 is 34.9 Å². The topological polar surface area (TPSA) is 101 Å². The van der Waals surface area contributed by atoms with Crippen LogP contribution in [-0.2, 0) is 22.5 Å². The van der Waals surface area contributed by atoms with E-state index in [9.17, 15) is 18.8 Å². The van der Waals surface area contributed by atoms with Crippen LogP contribution in [0.25, 0.3) is 0 Å². The molecule has 0 saturated heterocycles. The number of halogens is 2. The van der Waals surface area contributed by atoms with E-state index < -0.39 is 23.5 Å². The molecule has 1 aliphatic rings. The lowest BCUT2D eigenvalue weighted by atomic mass is 10.1. The first kappa shape index (κ1) is 18.6. The number of carbonyl (C=O) groups is 3. The third kappa shape index (κ3) is 3.17. The normalized spacial score (nSPS) is 12.2. The Bertz CT molecular complexity index is 1020. The quantitative estimate of drug-likeness (QED) is 0.492. The first-order chi connectivity index (χ1) is 12.9. The van der Waals surface area contributed by atoms with Gasteiger partial charge in [0, 0.05) is 17.9 Å². The molecule has 0 spiro atoms. The molecule has 0 saturated carbocycles. The van der Waals surface area contributed by atoms with Gasteiger partial charge in [-0.05, 0) is 31.0 Å². The van der Waals surface area contributed by atoms with Gasteiger partial charge in [0.15, 0.2) is 0 Å². The molecule has 7 nitrogen and oxygen atoms in total. The molecule has 1 aliphatic heterocycles. The number of fused-ring (bicyclic) bond motifs is 1. The highest BCUT2D eigenvalue weighted by molar-refractivity contribution is 6.47. The van der Waals surface area contributed by atoms with Crippen LogP contribution in [0.5, 0.6) is 0 Å². The molecule has 0 radical (unpaired) electrons. The van der Waals surface area contributed by atoms with E-state index in [1.54, 1.807) is 10.6 Å². The SMILES string of the molecule is COC(=O)C(=O)c1c(Cl)c(C(=O)Nc2ccc(F)c(C#N)c2)n2c1CCC2. The Morgan fingerprint density at radius 2 is 2.11 bits per heavy atom. The molecule has 1 aromatic carbocycles. The molecule has 0 unspecified atom stereocenters. The molecule has 2 aromatic rings. The van der Waals surface area contributed by atoms with Gasteiger partial charge in [-0.15, -0.1) is 0 Å². The zero-order valence-electron chi connectivity index (χ0n) is 14.1. The van der Waals surface area contributed by atoms with Crippen LogP contribution < -0.4 is 5.32 Å². The molecule has 1 amide bonds. The molecule has 0 bridgehead atoms. The van der Waals surface area contributed by atoms with E-state index in [-0.39, 0.29) is 27.5 Å². The Labute approximate surface area is 158 Å². The second-order valence-corrected chi connectivity index (χ2v) is 6.20. The van der Waals surface area contributed by atoms with Crippen molar-refractivity contribution < 1.29 is 23.5 Å². The number of benzene rings is 1. The molecule has 9 heteroatoms. The van der Waals surface area contributed by atoms with Crippen LogP contribution in [0, 0.1) is 17.1 Å². The molecule has 2 heterocycles. The smallest absolute Gasteiger partial charge is 0.379 e. The summed E-state index contributed by atoms with van der Waals surface area (Å²) < 4.78 is 19.5. The van der Waals surface area contributed by atoms with Gasteiger partial charge in [-0.3, -0.25) is 9.59 Å². The summed E-state index contributed by atoms with van der Waals surface area (Å²) in [5, 5.41) is 11.3. The predicted molar refractivity (Wildman–Crippen MR) is 93.2 cm³/mol. The molecule has 138 valence electrons. The predicted octanol–water partition coefficient (Wildman–Crippen LogP) is 2.71. The largest absolute Gasteiger partial charge is 0.463 e. The Morgan fingerprint density at radius 3 is 2.78 bits per heavy atom. The summed E-state index contributed by atoms with van der Waals surface area (Å²) in [6, 6.07) is 5.24. The van der Waals surface area contributed by atoms with Crippen molar-refractivity contribution in [3.8, 4) is 6.07 Å². The number of hydrogen-bond acceptors (Lipinski definition) is 5. The molecule has 1 aromatic heterocycles. The van der Waals surface area contributed by atoms with E-state index in [1.807, 2.05) is 0 Å². The van der Waals surface area contributed by atoms with Crippen LogP contribution in [0.2, 0.25) is 5.02 Å². The van der Waals surface area contributed by atoms with Crippen molar-refractivity contribution in [2.45, 2.75) is 19.4 Å². The number of methoxy groups -OCH3 is 1. The summed E-state index contributed by atoms with van der Waals surface area (Å²) in [4.78, 5) is 36.7. The molecule has 0 aliphatic carbocycles. The zero-order valence-corrected chi connectivity index (χ0v) is 14.9. The van der Waals surface area contributed by atoms with E-state index >= 15 is 0 Å². The Kier molecular flexibility index (Phi) is 4.97. The van der Waals surface area contributed by atoms with E-state index in [0.717, 1.165) is 13.2 Å². The van der Waals surface area contributed by atoms with Gasteiger partial charge in [-0.25, -0.2) is 9.18 Å². The molecular weight excluding hydrogens is 377 g/mol. The van der Waals surface area contributed by atoms with Crippen LogP contribution in [0.15, 0.2) is 18.2 Å². The number of anilines is 1. The number of nitriles is 1. The van der Waals surface area contributed by atoms with Gasteiger partial charge >= 0.3 is 5.97 Å². The number of rotatable bonds is 4. The van der Waals surface area contributed by atoms with Crippen LogP contribution >= 0.6 is 11.6 Å². The minimum absolute atomic E-state index is 0.0271. The molecule has 27 heavy (non-hydrogen) atoms. The average Bonchev–Trinajstić information content (AvgIpc) is 3.21. The summed E-state index contributed by atoms with van der Waals surface area (Å²) in [7, 11) is 1.08. The zero-order chi connectivity index (χ0) is 19.7. The lowest BCUT2D eigenvalue weighted by molar-refractivity contribution is -0.135. The lowest BCUT2D eigenvalue weighted by Gasteiger charge is -2.09. The van der Waals surface area contributed by atoms with Crippen molar-refractivity contribution in [2.24, 2.45) is 0 Å². The van der Waals surface area contributed by atoms with Gasteiger partial charge in [0.1, 0.15) is 17.6 Å². The number of amides is 1. The van der Waals surface area contributed by atoms with Gasteiger partial charge in [-0.1, -0.05) is 11.6 Å². The highest BCUT2D eigenvalue weighted by Crippen LogP contribution is 2.34. The average molecular weight is 390 g/mol. The first-order valence-corrected chi connectivity index (χ1v) is 8.31. The second kappa shape index (κ2) is 7.21. The van der Waals surface area contributed by atoms with Crippen molar-refractivity contribution in [1.29, 1.82) is 5.26 Å². The van der Waals surface area contributed by atoms with Gasteiger partial charge < -0.3 is 14.6 Å². The standard InChI is InChI=1S/C18H13ClFN3O4/c1-27-18(26)16(24)13-12-3-2-6-23(12)15(14(13)19)17(25)22-10-4-5-11(20)9(7-10)8-21/h4-5,7H,2-3,6H2,1H3,(H,22,25). The number of nitrogens with one attached hydrogen (secondary N) is 1. The third-order valence-electron chi connectivity index (χ3n) is 4.26. The Balaban J connectivity index is 2.00. The number of ketones is 1. The molecule has 0 atom stereocenters. The van der Waals surface area contributed by atoms with Crippen molar-refractivity contribution in [3.05, 3.63) is 51.6 Å². The first-order valence-electron chi connectivity index (χ1n) is 7.93. The lowest BCUT2D eigenvalue weighted by Crippen LogP contribution is -2.17. The number of aromatic nitrogens is 1. The summed E-state index contributed by atoms with van der Waals surface area (Å²) in [6.07, 6.45) is 1.17. The van der Waals surface area contributed by atoms with E-state index in [2.05, 4.69) is 10.1 Å². The number of hydrogen-bond donors (Lipinski definition) is 1. The van der Waals surface area contributed by atoms with Crippen molar-refractivity contribution in [3.63, 3.8) is 0 Å². The number of esters is 1. The Hall–Kier alpha value is -3.18. The van der Waals surface area contributed by atoms with Crippen LogP contribution in [0.1, 0.15) is 38.5 Å². The maximum atomic E-state index is 13.4. The molecule has 0 fully saturated rings. The molecule has 1 N–H and O–H groups in total. The Morgan fingerprint density at radius 1 is 1.37 bits per heavy atom. The fourth-order valence-electron chi connectivity index (χ4n) is 3.07. The number of Topliss-reactive ketones (excluding diaryl/α,β-unsaturated/α-hetero) is 1. The summed E-state index contributed by atoms with van der Waals surface area (Å²) in [5.74, 6) is -3.33. The van der Waals surface area contributed by atoms with Gasteiger partial charge in [-0.2, -0.15) is 5.26 Å². The van der Waals surface area contributed by atoms with Crippen molar-refractivity contribution in [1.82, 2.24) is 4.57 Å². The highest BCUT2D eigenvalue weighted by Gasteiger charge is 2.34. The summed E-state index contributed by atoms with van der Waals surface area (Å²) in [6.45, 7) is 0.457. The highest BCUT2D eigenvalue weighted by atomic mass is 35.5.